The second-order valence-corrected chi connectivity index (χ2v) is 8.97. The van der Waals surface area contributed by atoms with Crippen LogP contribution in [0.1, 0.15) is 81.8 Å². The molecule has 29 heavy (non-hydrogen) atoms. The molecule has 0 spiro atoms. The number of halogens is 1. The third kappa shape index (κ3) is 5.27. The Morgan fingerprint density at radius 3 is 2.79 bits per heavy atom. The summed E-state index contributed by atoms with van der Waals surface area (Å²) in [5.74, 6) is 2.34. The van der Waals surface area contributed by atoms with Crippen LogP contribution in [0, 0.1) is 5.92 Å². The molecule has 2 atom stereocenters. The van der Waals surface area contributed by atoms with Gasteiger partial charge in [-0.25, -0.2) is 4.79 Å². The summed E-state index contributed by atoms with van der Waals surface area (Å²) in [6.45, 7) is 5.21. The monoisotopic (exact) mass is 420 g/mol. The maximum atomic E-state index is 12.0. The van der Waals surface area contributed by atoms with Crippen LogP contribution in [-0.2, 0) is 6.42 Å². The molecular weight excluding hydrogens is 384 g/mol. The second-order valence-electron chi connectivity index (χ2n) is 8.97. The van der Waals surface area contributed by atoms with E-state index in [-0.39, 0.29) is 18.5 Å². The molecule has 162 valence electrons. The van der Waals surface area contributed by atoms with E-state index in [0.29, 0.717) is 18.5 Å². The van der Waals surface area contributed by atoms with E-state index < -0.39 is 0 Å². The van der Waals surface area contributed by atoms with E-state index in [4.69, 9.17) is 4.74 Å². The summed E-state index contributed by atoms with van der Waals surface area (Å²) in [5.41, 5.74) is 2.70. The average Bonchev–Trinajstić information content (AvgIpc) is 3.15. The third-order valence-electron chi connectivity index (χ3n) is 7.19. The first-order valence-electron chi connectivity index (χ1n) is 11.6. The molecule has 5 heteroatoms. The topological polar surface area (TPSA) is 41.6 Å². The van der Waals surface area contributed by atoms with E-state index in [0.717, 1.165) is 24.5 Å². The van der Waals surface area contributed by atoms with Crippen LogP contribution < -0.4 is 10.1 Å². The van der Waals surface area contributed by atoms with E-state index in [1.165, 1.54) is 75.6 Å². The summed E-state index contributed by atoms with van der Waals surface area (Å²) in [5, 5.41) is 2.82. The van der Waals surface area contributed by atoms with Crippen molar-refractivity contribution < 1.29 is 9.53 Å². The Labute approximate surface area is 182 Å². The van der Waals surface area contributed by atoms with Crippen molar-refractivity contribution in [2.45, 2.75) is 83.1 Å². The zero-order valence-corrected chi connectivity index (χ0v) is 18.6. The Balaban J connectivity index is 0.00000240. The molecule has 4 rings (SSSR count). The van der Waals surface area contributed by atoms with Gasteiger partial charge >= 0.3 is 6.09 Å². The largest absolute Gasteiger partial charge is 0.412 e. The molecule has 1 aliphatic heterocycles. The molecule has 4 nitrogen and oxygen atoms in total. The summed E-state index contributed by atoms with van der Waals surface area (Å²) in [6, 6.07) is 6.97. The number of benzene rings is 1. The number of likely N-dealkylation sites (tertiary alicyclic amines) is 1. The van der Waals surface area contributed by atoms with Crippen LogP contribution in [0.3, 0.4) is 0 Å². The van der Waals surface area contributed by atoms with Gasteiger partial charge in [0.2, 0.25) is 0 Å². The summed E-state index contributed by atoms with van der Waals surface area (Å²) < 4.78 is 5.65. The Bertz CT molecular complexity index is 675. The molecule has 1 heterocycles. The normalized spacial score (nSPS) is 24.3. The second kappa shape index (κ2) is 10.7. The predicted molar refractivity (Wildman–Crippen MR) is 120 cm³/mol. The Hall–Kier alpha value is -1.26. The van der Waals surface area contributed by atoms with Gasteiger partial charge in [-0.1, -0.05) is 51.2 Å². The highest BCUT2D eigenvalue weighted by atomic mass is 35.5. The Kier molecular flexibility index (Phi) is 8.25. The molecule has 1 amide bonds. The number of carbonyl (C=O) groups is 1. The minimum Gasteiger partial charge on any atom is -0.410 e. The van der Waals surface area contributed by atoms with E-state index in [1.807, 2.05) is 13.0 Å². The fourth-order valence-electron chi connectivity index (χ4n) is 5.71. The molecule has 2 aliphatic carbocycles. The third-order valence-corrected chi connectivity index (χ3v) is 7.19. The maximum Gasteiger partial charge on any atom is 0.412 e. The highest BCUT2D eigenvalue weighted by molar-refractivity contribution is 5.85. The van der Waals surface area contributed by atoms with E-state index in [9.17, 15) is 4.79 Å². The van der Waals surface area contributed by atoms with Crippen LogP contribution in [0.4, 0.5) is 4.79 Å². The van der Waals surface area contributed by atoms with E-state index >= 15 is 0 Å². The van der Waals surface area contributed by atoms with E-state index in [1.54, 1.807) is 0 Å². The van der Waals surface area contributed by atoms with Crippen molar-refractivity contribution in [1.29, 1.82) is 0 Å². The highest BCUT2D eigenvalue weighted by Crippen LogP contribution is 2.44. The fraction of sp³-hybridized carbons (Fsp3) is 0.708. The molecule has 1 N–H and O–H groups in total. The van der Waals surface area contributed by atoms with Crippen LogP contribution in [0.2, 0.25) is 0 Å². The van der Waals surface area contributed by atoms with Crippen LogP contribution >= 0.6 is 12.4 Å². The number of hydrogen-bond donors (Lipinski definition) is 1. The molecule has 2 fully saturated rings. The van der Waals surface area contributed by atoms with Crippen molar-refractivity contribution in [3.8, 4) is 5.75 Å². The molecule has 0 radical (unpaired) electrons. The summed E-state index contributed by atoms with van der Waals surface area (Å²) in [7, 11) is 0. The lowest BCUT2D eigenvalue weighted by Crippen LogP contribution is -2.36. The lowest BCUT2D eigenvalue weighted by Gasteiger charge is -2.35. The molecule has 0 bridgehead atoms. The standard InChI is InChI=1S/C24H36N2O2.ClH/c1-2-15-25-24(27)28-23-10-6-9-19-20-14-17-26(22(20)12-11-21(19)23)16-13-18-7-4-3-5-8-18;/h6,9-10,18,20,22H,2-5,7-8,11-17H2,1H3,(H,25,27);1H/t20-,22+;/m0./s1. The summed E-state index contributed by atoms with van der Waals surface area (Å²) in [4.78, 5) is 14.8. The number of hydrogen-bond acceptors (Lipinski definition) is 3. The molecule has 1 saturated heterocycles. The first kappa shape index (κ1) is 22.4. The lowest BCUT2D eigenvalue weighted by molar-refractivity contribution is 0.194. The van der Waals surface area contributed by atoms with Crippen LogP contribution in [-0.4, -0.2) is 36.7 Å². The fourth-order valence-corrected chi connectivity index (χ4v) is 5.71. The molecule has 0 aromatic heterocycles. The van der Waals surface area contributed by atoms with Crippen LogP contribution in [0.25, 0.3) is 0 Å². The molecule has 1 aromatic carbocycles. The van der Waals surface area contributed by atoms with Gasteiger partial charge in [0.1, 0.15) is 5.75 Å². The number of amides is 1. The Morgan fingerprint density at radius 2 is 2.00 bits per heavy atom. The molecular formula is C24H37ClN2O2. The van der Waals surface area contributed by atoms with Gasteiger partial charge in [-0.3, -0.25) is 4.90 Å². The van der Waals surface area contributed by atoms with Crippen molar-refractivity contribution in [2.75, 3.05) is 19.6 Å². The molecule has 1 saturated carbocycles. The predicted octanol–water partition coefficient (Wildman–Crippen LogP) is 5.68. The van der Waals surface area contributed by atoms with Crippen LogP contribution in [0.15, 0.2) is 18.2 Å². The van der Waals surface area contributed by atoms with Crippen molar-refractivity contribution in [3.05, 3.63) is 29.3 Å². The zero-order chi connectivity index (χ0) is 19.3. The maximum absolute atomic E-state index is 12.0. The van der Waals surface area contributed by atoms with E-state index in [2.05, 4.69) is 22.3 Å². The summed E-state index contributed by atoms with van der Waals surface area (Å²) >= 11 is 0. The van der Waals surface area contributed by atoms with Crippen molar-refractivity contribution >= 4 is 18.5 Å². The zero-order valence-electron chi connectivity index (χ0n) is 17.8. The Morgan fingerprint density at radius 1 is 1.17 bits per heavy atom. The molecule has 1 aromatic rings. The minimum absolute atomic E-state index is 0. The SMILES string of the molecule is CCCNC(=O)Oc1cccc2c1CC[C@@H]1[C@H]2CCN1CCC1CCCCC1.Cl. The van der Waals surface area contributed by atoms with Gasteiger partial charge < -0.3 is 10.1 Å². The average molecular weight is 421 g/mol. The number of ether oxygens (including phenoxy) is 1. The number of nitrogens with zero attached hydrogens (tertiary/aromatic N) is 1. The number of fused-ring (bicyclic) bond motifs is 3. The first-order valence-corrected chi connectivity index (χ1v) is 11.6. The van der Waals surface area contributed by atoms with Crippen molar-refractivity contribution in [3.63, 3.8) is 0 Å². The molecule has 3 aliphatic rings. The number of nitrogens with one attached hydrogen (secondary N) is 1. The van der Waals surface area contributed by atoms with Crippen LogP contribution in [0.5, 0.6) is 5.75 Å². The number of carbonyl (C=O) groups excluding carboxylic acids is 1. The smallest absolute Gasteiger partial charge is 0.410 e. The first-order chi connectivity index (χ1) is 13.8. The van der Waals surface area contributed by atoms with Gasteiger partial charge in [-0.2, -0.15) is 0 Å². The van der Waals surface area contributed by atoms with Gasteiger partial charge in [0.15, 0.2) is 0 Å². The highest BCUT2D eigenvalue weighted by Gasteiger charge is 2.39. The van der Waals surface area contributed by atoms with Gasteiger partial charge in [-0.15, -0.1) is 12.4 Å². The number of rotatable bonds is 6. The van der Waals surface area contributed by atoms with Gasteiger partial charge in [0, 0.05) is 18.5 Å². The lowest BCUT2D eigenvalue weighted by atomic mass is 9.79. The van der Waals surface area contributed by atoms with Crippen molar-refractivity contribution in [2.24, 2.45) is 5.92 Å². The van der Waals surface area contributed by atoms with Gasteiger partial charge in [0.05, 0.1) is 0 Å². The quantitative estimate of drug-likeness (QED) is 0.643. The van der Waals surface area contributed by atoms with Crippen molar-refractivity contribution in [1.82, 2.24) is 10.2 Å². The molecule has 0 unspecified atom stereocenters. The van der Waals surface area contributed by atoms with Gasteiger partial charge in [0.25, 0.3) is 0 Å². The minimum atomic E-state index is -0.321. The van der Waals surface area contributed by atoms with Gasteiger partial charge in [-0.05, 0) is 68.3 Å². The summed E-state index contributed by atoms with van der Waals surface area (Å²) in [6.07, 6.45) is 12.7.